The summed E-state index contributed by atoms with van der Waals surface area (Å²) in [6.07, 6.45) is 0. The molecule has 0 spiro atoms. The fourth-order valence-corrected chi connectivity index (χ4v) is 4.67. The molecule has 1 amide bonds. The summed E-state index contributed by atoms with van der Waals surface area (Å²) in [5, 5.41) is 2.77. The Kier molecular flexibility index (Phi) is 5.34. The highest BCUT2D eigenvalue weighted by Crippen LogP contribution is 2.25. The van der Waals surface area contributed by atoms with Crippen LogP contribution in [0.1, 0.15) is 10.4 Å². The third-order valence-electron chi connectivity index (χ3n) is 4.29. The number of methoxy groups -OCH3 is 1. The molecule has 0 saturated heterocycles. The first-order chi connectivity index (χ1) is 14.5. The number of amides is 1. The van der Waals surface area contributed by atoms with Crippen molar-refractivity contribution in [3.63, 3.8) is 0 Å². The second kappa shape index (κ2) is 8.09. The number of para-hydroxylation sites is 2. The van der Waals surface area contributed by atoms with Gasteiger partial charge < -0.3 is 10.1 Å². The number of nitrogens with zero attached hydrogens (tertiary/aromatic N) is 2. The molecule has 0 aliphatic rings. The number of aromatic nitrogens is 2. The lowest BCUT2D eigenvalue weighted by atomic mass is 10.2. The Morgan fingerprint density at radius 2 is 1.73 bits per heavy atom. The van der Waals surface area contributed by atoms with E-state index in [-0.39, 0.29) is 10.8 Å². The molecular formula is C20H16N4O4S2. The summed E-state index contributed by atoms with van der Waals surface area (Å²) in [5.74, 6) is 0.202. The lowest BCUT2D eigenvalue weighted by Crippen LogP contribution is -2.15. The lowest BCUT2D eigenvalue weighted by Gasteiger charge is -2.11. The van der Waals surface area contributed by atoms with Crippen molar-refractivity contribution < 1.29 is 17.9 Å². The summed E-state index contributed by atoms with van der Waals surface area (Å²) < 4.78 is 41.4. The molecule has 10 heteroatoms. The van der Waals surface area contributed by atoms with Crippen molar-refractivity contribution in [3.8, 4) is 5.75 Å². The second-order valence-corrected chi connectivity index (χ2v) is 8.40. The number of fused-ring (bicyclic) bond motifs is 1. The molecule has 4 aromatic rings. The molecule has 1 aromatic heterocycles. The predicted molar refractivity (Wildman–Crippen MR) is 116 cm³/mol. The van der Waals surface area contributed by atoms with Crippen LogP contribution >= 0.6 is 11.7 Å². The van der Waals surface area contributed by atoms with E-state index in [2.05, 4.69) is 18.8 Å². The number of rotatable bonds is 6. The van der Waals surface area contributed by atoms with Crippen LogP contribution in [0.3, 0.4) is 0 Å². The maximum atomic E-state index is 12.8. The first kappa shape index (κ1) is 19.8. The molecular weight excluding hydrogens is 424 g/mol. The van der Waals surface area contributed by atoms with Crippen LogP contribution in [0.5, 0.6) is 5.75 Å². The van der Waals surface area contributed by atoms with E-state index in [1.165, 1.54) is 37.4 Å². The minimum atomic E-state index is -3.86. The number of sulfonamides is 1. The van der Waals surface area contributed by atoms with Crippen LogP contribution < -0.4 is 14.8 Å². The number of carbonyl (C=O) groups is 1. The number of hydrogen-bond acceptors (Lipinski definition) is 7. The summed E-state index contributed by atoms with van der Waals surface area (Å²) in [7, 11) is -2.34. The number of hydrogen-bond donors (Lipinski definition) is 2. The average Bonchev–Trinajstić information content (AvgIpc) is 3.23. The van der Waals surface area contributed by atoms with Crippen molar-refractivity contribution in [1.29, 1.82) is 0 Å². The Morgan fingerprint density at radius 3 is 2.50 bits per heavy atom. The van der Waals surface area contributed by atoms with Crippen LogP contribution in [-0.4, -0.2) is 30.2 Å². The third kappa shape index (κ3) is 3.95. The normalized spacial score (nSPS) is 11.2. The van der Waals surface area contributed by atoms with Crippen LogP contribution in [0.25, 0.3) is 11.0 Å². The quantitative estimate of drug-likeness (QED) is 0.472. The van der Waals surface area contributed by atoms with Gasteiger partial charge in [-0.3, -0.25) is 9.52 Å². The van der Waals surface area contributed by atoms with Gasteiger partial charge in [0.15, 0.2) is 0 Å². The van der Waals surface area contributed by atoms with E-state index in [0.29, 0.717) is 33.7 Å². The highest BCUT2D eigenvalue weighted by molar-refractivity contribution is 7.93. The first-order valence-electron chi connectivity index (χ1n) is 8.76. The molecule has 4 rings (SSSR count). The molecule has 0 unspecified atom stereocenters. The van der Waals surface area contributed by atoms with Gasteiger partial charge in [-0.25, -0.2) is 8.42 Å². The van der Waals surface area contributed by atoms with Crippen molar-refractivity contribution >= 4 is 50.1 Å². The number of ether oxygens (including phenoxy) is 1. The Bertz CT molecular complexity index is 1320. The van der Waals surface area contributed by atoms with E-state index >= 15 is 0 Å². The topological polar surface area (TPSA) is 110 Å². The summed E-state index contributed by atoms with van der Waals surface area (Å²) in [5.41, 5.74) is 2.08. The van der Waals surface area contributed by atoms with Crippen molar-refractivity contribution in [2.45, 2.75) is 4.90 Å². The standard InChI is InChI=1S/C20H16N4O4S2/c1-28-17-7-3-2-5-15(17)21-20(25)13-9-11-14(12-10-13)24-30(26,27)18-8-4-6-16-19(18)23-29-22-16/h2-12,24H,1H3,(H,21,25). The smallest absolute Gasteiger partial charge is 0.264 e. The van der Waals surface area contributed by atoms with E-state index in [9.17, 15) is 13.2 Å². The Labute approximate surface area is 176 Å². The van der Waals surface area contributed by atoms with Gasteiger partial charge in [0.1, 0.15) is 21.7 Å². The minimum absolute atomic E-state index is 0.0479. The molecule has 8 nitrogen and oxygen atoms in total. The van der Waals surface area contributed by atoms with Crippen molar-refractivity contribution in [3.05, 3.63) is 72.3 Å². The fourth-order valence-electron chi connectivity index (χ4n) is 2.84. The molecule has 0 aliphatic carbocycles. The van der Waals surface area contributed by atoms with Crippen LogP contribution in [0.15, 0.2) is 71.6 Å². The van der Waals surface area contributed by atoms with Gasteiger partial charge >= 0.3 is 0 Å². The highest BCUT2D eigenvalue weighted by atomic mass is 32.2. The molecule has 30 heavy (non-hydrogen) atoms. The summed E-state index contributed by atoms with van der Waals surface area (Å²) in [4.78, 5) is 12.5. The lowest BCUT2D eigenvalue weighted by molar-refractivity contribution is 0.102. The zero-order valence-electron chi connectivity index (χ0n) is 15.7. The van der Waals surface area contributed by atoms with E-state index in [4.69, 9.17) is 4.74 Å². The average molecular weight is 441 g/mol. The van der Waals surface area contributed by atoms with Gasteiger partial charge in [0, 0.05) is 11.3 Å². The van der Waals surface area contributed by atoms with Gasteiger partial charge in [0.05, 0.1) is 24.5 Å². The molecule has 3 aromatic carbocycles. The second-order valence-electron chi connectivity index (χ2n) is 6.23. The van der Waals surface area contributed by atoms with E-state index in [1.807, 2.05) is 0 Å². The minimum Gasteiger partial charge on any atom is -0.495 e. The SMILES string of the molecule is COc1ccccc1NC(=O)c1ccc(NS(=O)(=O)c2cccc3nsnc23)cc1. The van der Waals surface area contributed by atoms with E-state index < -0.39 is 10.0 Å². The first-order valence-corrected chi connectivity index (χ1v) is 11.0. The van der Waals surface area contributed by atoms with E-state index in [0.717, 1.165) is 11.7 Å². The van der Waals surface area contributed by atoms with Crippen molar-refractivity contribution in [1.82, 2.24) is 8.75 Å². The summed E-state index contributed by atoms with van der Waals surface area (Å²) in [6.45, 7) is 0. The molecule has 2 N–H and O–H groups in total. The third-order valence-corrected chi connectivity index (χ3v) is 6.25. The number of carbonyl (C=O) groups excluding carboxylic acids is 1. The summed E-state index contributed by atoms with van der Waals surface area (Å²) in [6, 6.07) is 18.0. The van der Waals surface area contributed by atoms with Crippen LogP contribution in [-0.2, 0) is 10.0 Å². The number of benzene rings is 3. The van der Waals surface area contributed by atoms with Crippen LogP contribution in [0.4, 0.5) is 11.4 Å². The predicted octanol–water partition coefficient (Wildman–Crippen LogP) is 3.75. The highest BCUT2D eigenvalue weighted by Gasteiger charge is 2.20. The Morgan fingerprint density at radius 1 is 0.967 bits per heavy atom. The maximum Gasteiger partial charge on any atom is 0.264 e. The van der Waals surface area contributed by atoms with E-state index in [1.54, 1.807) is 36.4 Å². The molecule has 0 atom stereocenters. The Hall–Kier alpha value is -3.50. The monoisotopic (exact) mass is 440 g/mol. The van der Waals surface area contributed by atoms with Crippen molar-refractivity contribution in [2.24, 2.45) is 0 Å². The maximum absolute atomic E-state index is 12.8. The number of nitrogens with one attached hydrogen (secondary N) is 2. The Balaban J connectivity index is 1.52. The van der Waals surface area contributed by atoms with Gasteiger partial charge in [-0.1, -0.05) is 18.2 Å². The van der Waals surface area contributed by atoms with Crippen LogP contribution in [0, 0.1) is 0 Å². The largest absolute Gasteiger partial charge is 0.495 e. The molecule has 152 valence electrons. The molecule has 0 bridgehead atoms. The van der Waals surface area contributed by atoms with Gasteiger partial charge in [-0.15, -0.1) is 0 Å². The van der Waals surface area contributed by atoms with Gasteiger partial charge in [0.25, 0.3) is 15.9 Å². The fraction of sp³-hybridized carbons (Fsp3) is 0.0500. The van der Waals surface area contributed by atoms with Crippen LogP contribution in [0.2, 0.25) is 0 Å². The number of anilines is 2. The summed E-state index contributed by atoms with van der Waals surface area (Å²) >= 11 is 0.952. The molecule has 0 radical (unpaired) electrons. The zero-order valence-corrected chi connectivity index (χ0v) is 17.3. The van der Waals surface area contributed by atoms with Crippen molar-refractivity contribution in [2.75, 3.05) is 17.1 Å². The van der Waals surface area contributed by atoms with Gasteiger partial charge in [-0.05, 0) is 48.5 Å². The molecule has 0 aliphatic heterocycles. The molecule has 0 saturated carbocycles. The molecule has 1 heterocycles. The van der Waals surface area contributed by atoms with Gasteiger partial charge in [0.2, 0.25) is 0 Å². The van der Waals surface area contributed by atoms with Gasteiger partial charge in [-0.2, -0.15) is 8.75 Å². The molecule has 0 fully saturated rings. The zero-order chi connectivity index (χ0) is 21.1.